The molecular formula is C14H20FN. The van der Waals surface area contributed by atoms with Gasteiger partial charge < -0.3 is 4.90 Å². The highest BCUT2D eigenvalue weighted by Gasteiger charge is 2.23. The monoisotopic (exact) mass is 221 g/mol. The van der Waals surface area contributed by atoms with E-state index in [4.69, 9.17) is 0 Å². The average molecular weight is 221 g/mol. The molecule has 1 saturated heterocycles. The summed E-state index contributed by atoms with van der Waals surface area (Å²) in [6, 6.07) is 7.65. The molecule has 1 aromatic carbocycles. The Morgan fingerprint density at radius 2 is 2.31 bits per heavy atom. The quantitative estimate of drug-likeness (QED) is 0.754. The number of nitrogens with zero attached hydrogens (tertiary/aromatic N) is 1. The summed E-state index contributed by atoms with van der Waals surface area (Å²) < 4.78 is 13.1. The minimum absolute atomic E-state index is 0.113. The third-order valence-electron chi connectivity index (χ3n) is 3.37. The van der Waals surface area contributed by atoms with E-state index < -0.39 is 0 Å². The van der Waals surface area contributed by atoms with E-state index in [9.17, 15) is 4.39 Å². The van der Waals surface area contributed by atoms with Gasteiger partial charge in [-0.15, -0.1) is 0 Å². The number of rotatable bonds is 4. The Morgan fingerprint density at radius 3 is 3.06 bits per heavy atom. The van der Waals surface area contributed by atoms with Crippen molar-refractivity contribution >= 4 is 0 Å². The van der Waals surface area contributed by atoms with Crippen LogP contribution in [0.3, 0.4) is 0 Å². The van der Waals surface area contributed by atoms with Crippen LogP contribution in [0.1, 0.15) is 31.7 Å². The molecule has 0 amide bonds. The SMILES string of the molecule is CCCN1CCC[C@@H]1Cc1cccc(F)c1. The second-order valence-corrected chi connectivity index (χ2v) is 4.67. The van der Waals surface area contributed by atoms with Crippen LogP contribution in [0.15, 0.2) is 24.3 Å². The van der Waals surface area contributed by atoms with E-state index in [1.54, 1.807) is 6.07 Å². The average Bonchev–Trinajstić information content (AvgIpc) is 2.66. The van der Waals surface area contributed by atoms with Crippen molar-refractivity contribution in [3.05, 3.63) is 35.6 Å². The Labute approximate surface area is 97.3 Å². The van der Waals surface area contributed by atoms with Crippen molar-refractivity contribution in [3.63, 3.8) is 0 Å². The van der Waals surface area contributed by atoms with Crippen LogP contribution >= 0.6 is 0 Å². The van der Waals surface area contributed by atoms with Crippen LogP contribution in [0.2, 0.25) is 0 Å². The first-order valence-electron chi connectivity index (χ1n) is 6.28. The van der Waals surface area contributed by atoms with Gasteiger partial charge in [0.2, 0.25) is 0 Å². The molecule has 16 heavy (non-hydrogen) atoms. The van der Waals surface area contributed by atoms with Gasteiger partial charge in [-0.3, -0.25) is 0 Å². The van der Waals surface area contributed by atoms with E-state index in [0.717, 1.165) is 12.0 Å². The van der Waals surface area contributed by atoms with E-state index in [1.807, 2.05) is 12.1 Å². The van der Waals surface area contributed by atoms with Crippen molar-refractivity contribution in [2.45, 2.75) is 38.6 Å². The van der Waals surface area contributed by atoms with Gasteiger partial charge in [-0.1, -0.05) is 19.1 Å². The molecule has 2 rings (SSSR count). The van der Waals surface area contributed by atoms with E-state index >= 15 is 0 Å². The summed E-state index contributed by atoms with van der Waals surface area (Å²) in [5, 5.41) is 0. The predicted octanol–water partition coefficient (Wildman–Crippen LogP) is 3.24. The summed E-state index contributed by atoms with van der Waals surface area (Å²) in [4.78, 5) is 2.55. The summed E-state index contributed by atoms with van der Waals surface area (Å²) in [7, 11) is 0. The molecule has 1 aromatic rings. The van der Waals surface area contributed by atoms with Gasteiger partial charge in [0.15, 0.2) is 0 Å². The summed E-state index contributed by atoms with van der Waals surface area (Å²) in [5.41, 5.74) is 1.13. The highest BCUT2D eigenvalue weighted by molar-refractivity contribution is 5.17. The Morgan fingerprint density at radius 1 is 1.44 bits per heavy atom. The maximum Gasteiger partial charge on any atom is 0.123 e. The summed E-state index contributed by atoms with van der Waals surface area (Å²) in [6.07, 6.45) is 4.76. The van der Waals surface area contributed by atoms with Crippen LogP contribution in [0.25, 0.3) is 0 Å². The van der Waals surface area contributed by atoms with Gasteiger partial charge in [0.1, 0.15) is 5.82 Å². The minimum atomic E-state index is -0.113. The lowest BCUT2D eigenvalue weighted by atomic mass is 10.0. The van der Waals surface area contributed by atoms with E-state index in [0.29, 0.717) is 6.04 Å². The van der Waals surface area contributed by atoms with Gasteiger partial charge in [-0.2, -0.15) is 0 Å². The van der Waals surface area contributed by atoms with Crippen LogP contribution < -0.4 is 0 Å². The maximum atomic E-state index is 13.1. The van der Waals surface area contributed by atoms with Gasteiger partial charge in [0, 0.05) is 6.04 Å². The molecule has 88 valence electrons. The van der Waals surface area contributed by atoms with Crippen LogP contribution in [-0.2, 0) is 6.42 Å². The van der Waals surface area contributed by atoms with Crippen molar-refractivity contribution < 1.29 is 4.39 Å². The number of benzene rings is 1. The Balaban J connectivity index is 1.98. The molecule has 1 aliphatic rings. The fourth-order valence-corrected chi connectivity index (χ4v) is 2.64. The second-order valence-electron chi connectivity index (χ2n) is 4.67. The Bertz CT molecular complexity index is 337. The summed E-state index contributed by atoms with van der Waals surface area (Å²) >= 11 is 0. The lowest BCUT2D eigenvalue weighted by Crippen LogP contribution is -2.31. The van der Waals surface area contributed by atoms with Gasteiger partial charge in [-0.25, -0.2) is 4.39 Å². The van der Waals surface area contributed by atoms with Gasteiger partial charge in [-0.05, 0) is 56.5 Å². The van der Waals surface area contributed by atoms with Crippen molar-refractivity contribution in [2.75, 3.05) is 13.1 Å². The standard InChI is InChI=1S/C14H20FN/c1-2-8-16-9-4-7-14(16)11-12-5-3-6-13(15)10-12/h3,5-6,10,14H,2,4,7-9,11H2,1H3/t14-/m1/s1. The molecule has 0 aromatic heterocycles. The van der Waals surface area contributed by atoms with Crippen LogP contribution in [0, 0.1) is 5.82 Å². The molecule has 2 heteroatoms. The van der Waals surface area contributed by atoms with Crippen LogP contribution in [0.4, 0.5) is 4.39 Å². The molecule has 0 spiro atoms. The van der Waals surface area contributed by atoms with E-state index in [2.05, 4.69) is 11.8 Å². The third kappa shape index (κ3) is 2.82. The van der Waals surface area contributed by atoms with E-state index in [-0.39, 0.29) is 5.82 Å². The molecule has 1 aliphatic heterocycles. The maximum absolute atomic E-state index is 13.1. The van der Waals surface area contributed by atoms with Crippen LogP contribution in [0.5, 0.6) is 0 Å². The zero-order valence-corrected chi connectivity index (χ0v) is 9.95. The van der Waals surface area contributed by atoms with Gasteiger partial charge in [0.25, 0.3) is 0 Å². The lowest BCUT2D eigenvalue weighted by molar-refractivity contribution is 0.253. The molecule has 1 heterocycles. The number of hydrogen-bond acceptors (Lipinski definition) is 1. The largest absolute Gasteiger partial charge is 0.300 e. The molecule has 0 radical (unpaired) electrons. The Kier molecular flexibility index (Phi) is 3.94. The molecule has 1 fully saturated rings. The number of hydrogen-bond donors (Lipinski definition) is 0. The second kappa shape index (κ2) is 5.44. The van der Waals surface area contributed by atoms with E-state index in [1.165, 1.54) is 38.4 Å². The zero-order valence-electron chi connectivity index (χ0n) is 9.95. The molecule has 0 saturated carbocycles. The molecule has 1 atom stereocenters. The number of likely N-dealkylation sites (tertiary alicyclic amines) is 1. The highest BCUT2D eigenvalue weighted by atomic mass is 19.1. The highest BCUT2D eigenvalue weighted by Crippen LogP contribution is 2.21. The van der Waals surface area contributed by atoms with Gasteiger partial charge >= 0.3 is 0 Å². The smallest absolute Gasteiger partial charge is 0.123 e. The van der Waals surface area contributed by atoms with Crippen molar-refractivity contribution in [3.8, 4) is 0 Å². The van der Waals surface area contributed by atoms with Crippen molar-refractivity contribution in [2.24, 2.45) is 0 Å². The summed E-state index contributed by atoms with van der Waals surface area (Å²) in [6.45, 7) is 4.62. The topological polar surface area (TPSA) is 3.24 Å². The fourth-order valence-electron chi connectivity index (χ4n) is 2.64. The van der Waals surface area contributed by atoms with Crippen molar-refractivity contribution in [1.29, 1.82) is 0 Å². The first kappa shape index (κ1) is 11.6. The first-order valence-corrected chi connectivity index (χ1v) is 6.28. The van der Waals surface area contributed by atoms with Crippen LogP contribution in [-0.4, -0.2) is 24.0 Å². The normalized spacial score (nSPS) is 21.5. The molecule has 0 bridgehead atoms. The first-order chi connectivity index (χ1) is 7.79. The molecule has 0 unspecified atom stereocenters. The lowest BCUT2D eigenvalue weighted by Gasteiger charge is -2.23. The molecule has 0 aliphatic carbocycles. The third-order valence-corrected chi connectivity index (χ3v) is 3.37. The minimum Gasteiger partial charge on any atom is -0.300 e. The van der Waals surface area contributed by atoms with Gasteiger partial charge in [0.05, 0.1) is 0 Å². The predicted molar refractivity (Wildman–Crippen MR) is 65.0 cm³/mol. The Hall–Kier alpha value is -0.890. The summed E-state index contributed by atoms with van der Waals surface area (Å²) in [5.74, 6) is -0.113. The zero-order chi connectivity index (χ0) is 11.4. The molecular weight excluding hydrogens is 201 g/mol. The fraction of sp³-hybridized carbons (Fsp3) is 0.571. The molecule has 0 N–H and O–H groups in total. The van der Waals surface area contributed by atoms with Crippen molar-refractivity contribution in [1.82, 2.24) is 4.90 Å². The molecule has 1 nitrogen and oxygen atoms in total. The number of halogens is 1.